The molecule has 2 aromatic carbocycles. The molecule has 1 amide bonds. The number of carbonyl (C=O) groups excluding carboxylic acids is 1. The normalized spacial score (nSPS) is 12.0. The topological polar surface area (TPSA) is 34.4 Å². The molecule has 130 valence electrons. The number of hydrogen-bond acceptors (Lipinski definition) is 3. The van der Waals surface area contributed by atoms with Crippen LogP contribution in [0, 0.1) is 13.8 Å². The molecule has 0 atom stereocenters. The molecule has 3 rings (SSSR count). The Hall–Kier alpha value is -1.85. The molecule has 0 N–H and O–H groups in total. The zero-order valence-electron chi connectivity index (χ0n) is 14.8. The Morgan fingerprint density at radius 1 is 1.12 bits per heavy atom. The van der Waals surface area contributed by atoms with Crippen molar-refractivity contribution in [3.05, 3.63) is 64.0 Å². The number of amides is 1. The standard InChI is InChI=1S/C20H22N2OS2/c1-14-4-7-16(8-5-14)13-19(23)21-20-22(10-11-24-3)17-9-6-15(2)12-18(17)25-20/h4-9,12H,10-11,13H2,1-3H3. The summed E-state index contributed by atoms with van der Waals surface area (Å²) in [4.78, 5) is 17.7. The van der Waals surface area contributed by atoms with Crippen LogP contribution in [0.1, 0.15) is 16.7 Å². The van der Waals surface area contributed by atoms with Gasteiger partial charge in [-0.3, -0.25) is 4.79 Å². The maximum Gasteiger partial charge on any atom is 0.252 e. The van der Waals surface area contributed by atoms with Crippen LogP contribution in [-0.2, 0) is 17.8 Å². The van der Waals surface area contributed by atoms with E-state index in [2.05, 4.69) is 40.9 Å². The minimum absolute atomic E-state index is 0.0926. The van der Waals surface area contributed by atoms with Gasteiger partial charge in [-0.15, -0.1) is 0 Å². The van der Waals surface area contributed by atoms with Gasteiger partial charge in [-0.25, -0.2) is 0 Å². The van der Waals surface area contributed by atoms with E-state index in [9.17, 15) is 4.79 Å². The Kier molecular flexibility index (Phi) is 5.76. The number of benzene rings is 2. The zero-order valence-corrected chi connectivity index (χ0v) is 16.4. The number of hydrogen-bond donors (Lipinski definition) is 0. The first-order valence-corrected chi connectivity index (χ1v) is 10.5. The molecule has 0 aliphatic heterocycles. The van der Waals surface area contributed by atoms with Crippen molar-refractivity contribution in [2.45, 2.75) is 26.8 Å². The molecule has 5 heteroatoms. The molecule has 0 radical (unpaired) electrons. The highest BCUT2D eigenvalue weighted by molar-refractivity contribution is 7.98. The molecule has 1 aromatic heterocycles. The molecular formula is C20H22N2OS2. The van der Waals surface area contributed by atoms with Gasteiger partial charge in [0.05, 0.1) is 16.6 Å². The summed E-state index contributed by atoms with van der Waals surface area (Å²) in [5.41, 5.74) is 4.59. The van der Waals surface area contributed by atoms with Crippen LogP contribution in [0.2, 0.25) is 0 Å². The van der Waals surface area contributed by atoms with E-state index < -0.39 is 0 Å². The third-order valence-electron chi connectivity index (χ3n) is 4.05. The van der Waals surface area contributed by atoms with Crippen molar-refractivity contribution in [2.75, 3.05) is 12.0 Å². The lowest BCUT2D eigenvalue weighted by Crippen LogP contribution is -2.18. The molecule has 0 fully saturated rings. The highest BCUT2D eigenvalue weighted by Gasteiger charge is 2.08. The molecule has 1 heterocycles. The maximum absolute atomic E-state index is 12.5. The second kappa shape index (κ2) is 8.02. The second-order valence-electron chi connectivity index (χ2n) is 6.17. The highest BCUT2D eigenvalue weighted by atomic mass is 32.2. The van der Waals surface area contributed by atoms with Gasteiger partial charge >= 0.3 is 0 Å². The van der Waals surface area contributed by atoms with Gasteiger partial charge in [-0.05, 0) is 43.4 Å². The van der Waals surface area contributed by atoms with Gasteiger partial charge in [0.2, 0.25) is 0 Å². The average molecular weight is 371 g/mol. The fraction of sp³-hybridized carbons (Fsp3) is 0.300. The van der Waals surface area contributed by atoms with Gasteiger partial charge in [0.15, 0.2) is 4.80 Å². The summed E-state index contributed by atoms with van der Waals surface area (Å²) in [7, 11) is 0. The first-order valence-electron chi connectivity index (χ1n) is 8.29. The Morgan fingerprint density at radius 3 is 2.56 bits per heavy atom. The van der Waals surface area contributed by atoms with E-state index in [1.54, 1.807) is 23.1 Å². The maximum atomic E-state index is 12.5. The Balaban J connectivity index is 1.96. The van der Waals surface area contributed by atoms with Crippen molar-refractivity contribution in [3.8, 4) is 0 Å². The molecule has 0 saturated heterocycles. The van der Waals surface area contributed by atoms with Gasteiger partial charge in [0, 0.05) is 12.3 Å². The first kappa shape index (κ1) is 18.0. The minimum Gasteiger partial charge on any atom is -0.316 e. The lowest BCUT2D eigenvalue weighted by molar-refractivity contribution is -0.117. The van der Waals surface area contributed by atoms with Gasteiger partial charge < -0.3 is 4.57 Å². The van der Waals surface area contributed by atoms with Gasteiger partial charge in [0.25, 0.3) is 5.91 Å². The fourth-order valence-corrected chi connectivity index (χ4v) is 4.23. The second-order valence-corrected chi connectivity index (χ2v) is 8.16. The highest BCUT2D eigenvalue weighted by Crippen LogP contribution is 2.19. The SMILES string of the molecule is CSCCn1c(=NC(=O)Cc2ccc(C)cc2)sc2cc(C)ccc21. The van der Waals surface area contributed by atoms with Crippen molar-refractivity contribution in [1.82, 2.24) is 4.57 Å². The molecule has 0 aliphatic rings. The smallest absolute Gasteiger partial charge is 0.252 e. The number of fused-ring (bicyclic) bond motifs is 1. The molecule has 0 bridgehead atoms. The molecule has 3 aromatic rings. The molecule has 0 aliphatic carbocycles. The van der Waals surface area contributed by atoms with E-state index >= 15 is 0 Å². The van der Waals surface area contributed by atoms with Crippen molar-refractivity contribution >= 4 is 39.2 Å². The minimum atomic E-state index is -0.0926. The predicted molar refractivity (Wildman–Crippen MR) is 108 cm³/mol. The molecule has 3 nitrogen and oxygen atoms in total. The third-order valence-corrected chi connectivity index (χ3v) is 5.69. The summed E-state index contributed by atoms with van der Waals surface area (Å²) >= 11 is 3.40. The molecule has 25 heavy (non-hydrogen) atoms. The van der Waals surface area contributed by atoms with Crippen LogP contribution in [-0.4, -0.2) is 22.5 Å². The summed E-state index contributed by atoms with van der Waals surface area (Å²) < 4.78 is 3.35. The first-order chi connectivity index (χ1) is 12.1. The fourth-order valence-electron chi connectivity index (χ4n) is 2.69. The lowest BCUT2D eigenvalue weighted by Gasteiger charge is -2.04. The quantitative estimate of drug-likeness (QED) is 0.669. The van der Waals surface area contributed by atoms with Crippen LogP contribution in [0.5, 0.6) is 0 Å². The van der Waals surface area contributed by atoms with Crippen LogP contribution in [0.4, 0.5) is 0 Å². The number of aryl methyl sites for hydroxylation is 3. The average Bonchev–Trinajstić information content (AvgIpc) is 2.91. The van der Waals surface area contributed by atoms with Gasteiger partial charge in [-0.1, -0.05) is 47.2 Å². The summed E-state index contributed by atoms with van der Waals surface area (Å²) in [6.07, 6.45) is 2.44. The lowest BCUT2D eigenvalue weighted by atomic mass is 10.1. The van der Waals surface area contributed by atoms with Crippen LogP contribution in [0.25, 0.3) is 10.2 Å². The number of rotatable bonds is 5. The van der Waals surface area contributed by atoms with E-state index in [0.29, 0.717) is 6.42 Å². The number of thioether (sulfide) groups is 1. The molecule has 0 unspecified atom stereocenters. The van der Waals surface area contributed by atoms with E-state index in [1.165, 1.54) is 15.8 Å². The monoisotopic (exact) mass is 370 g/mol. The number of nitrogens with zero attached hydrogens (tertiary/aromatic N) is 2. The molecule has 0 spiro atoms. The number of carbonyl (C=O) groups is 1. The van der Waals surface area contributed by atoms with E-state index in [-0.39, 0.29) is 5.91 Å². The Morgan fingerprint density at radius 2 is 1.84 bits per heavy atom. The third kappa shape index (κ3) is 4.41. The van der Waals surface area contributed by atoms with Crippen molar-refractivity contribution in [1.29, 1.82) is 0 Å². The number of aromatic nitrogens is 1. The summed E-state index contributed by atoms with van der Waals surface area (Å²) in [6.45, 7) is 5.00. The Labute approximate surface area is 156 Å². The van der Waals surface area contributed by atoms with Crippen LogP contribution < -0.4 is 4.80 Å². The van der Waals surface area contributed by atoms with Crippen LogP contribution in [0.15, 0.2) is 47.5 Å². The van der Waals surface area contributed by atoms with E-state index in [4.69, 9.17) is 0 Å². The molecule has 0 saturated carbocycles. The van der Waals surface area contributed by atoms with Gasteiger partial charge in [0.1, 0.15) is 0 Å². The van der Waals surface area contributed by atoms with Crippen LogP contribution in [0.3, 0.4) is 0 Å². The summed E-state index contributed by atoms with van der Waals surface area (Å²) in [5, 5.41) is 0. The van der Waals surface area contributed by atoms with Gasteiger partial charge in [-0.2, -0.15) is 16.8 Å². The predicted octanol–water partition coefficient (Wildman–Crippen LogP) is 4.35. The van der Waals surface area contributed by atoms with Crippen molar-refractivity contribution in [2.24, 2.45) is 4.99 Å². The van der Waals surface area contributed by atoms with Crippen molar-refractivity contribution < 1.29 is 4.79 Å². The summed E-state index contributed by atoms with van der Waals surface area (Å²) in [6, 6.07) is 14.5. The van der Waals surface area contributed by atoms with Crippen LogP contribution >= 0.6 is 23.1 Å². The van der Waals surface area contributed by atoms with Crippen molar-refractivity contribution in [3.63, 3.8) is 0 Å². The zero-order chi connectivity index (χ0) is 17.8. The Bertz CT molecular complexity index is 952. The summed E-state index contributed by atoms with van der Waals surface area (Å²) in [5.74, 6) is 0.906. The van der Waals surface area contributed by atoms with E-state index in [1.807, 2.05) is 31.2 Å². The number of thiazole rings is 1. The van der Waals surface area contributed by atoms with E-state index in [0.717, 1.165) is 28.2 Å². The molecular weight excluding hydrogens is 348 g/mol. The largest absolute Gasteiger partial charge is 0.316 e.